The fraction of sp³-hybridized carbons (Fsp3) is 0.667. The van der Waals surface area contributed by atoms with E-state index in [1.807, 2.05) is 19.9 Å². The molecule has 0 bridgehead atoms. The van der Waals surface area contributed by atoms with Gasteiger partial charge in [-0.25, -0.2) is 0 Å². The van der Waals surface area contributed by atoms with Crippen LogP contribution in [0.2, 0.25) is 0 Å². The van der Waals surface area contributed by atoms with Gasteiger partial charge in [-0.15, -0.1) is 0 Å². The summed E-state index contributed by atoms with van der Waals surface area (Å²) in [6, 6.07) is 0. The number of carbonyl (C=O) groups is 1. The fourth-order valence-electron chi connectivity index (χ4n) is 3.12. The van der Waals surface area contributed by atoms with Crippen molar-refractivity contribution in [1.29, 1.82) is 0 Å². The monoisotopic (exact) mass is 234 g/mol. The van der Waals surface area contributed by atoms with Crippen LogP contribution in [-0.4, -0.2) is 17.0 Å². The third-order valence-electron chi connectivity index (χ3n) is 4.43. The smallest absolute Gasteiger partial charge is 0.150 e. The first-order valence-corrected chi connectivity index (χ1v) is 6.47. The summed E-state index contributed by atoms with van der Waals surface area (Å²) in [4.78, 5) is 11.1. The van der Waals surface area contributed by atoms with Gasteiger partial charge in [0.1, 0.15) is 6.29 Å². The highest BCUT2D eigenvalue weighted by atomic mass is 16.3. The molecule has 0 spiro atoms. The number of allylic oxidation sites excluding steroid dienone is 3. The van der Waals surface area contributed by atoms with Gasteiger partial charge in [0, 0.05) is 11.5 Å². The molecule has 2 rings (SSSR count). The van der Waals surface area contributed by atoms with E-state index in [0.29, 0.717) is 0 Å². The number of aliphatic hydroxyl groups is 1. The van der Waals surface area contributed by atoms with Crippen LogP contribution in [0.3, 0.4) is 0 Å². The van der Waals surface area contributed by atoms with Crippen molar-refractivity contribution >= 4 is 6.29 Å². The largest absolute Gasteiger partial charge is 0.390 e. The zero-order valence-corrected chi connectivity index (χ0v) is 11.0. The van der Waals surface area contributed by atoms with E-state index in [1.165, 1.54) is 0 Å². The van der Waals surface area contributed by atoms with Crippen LogP contribution < -0.4 is 0 Å². The SMILES string of the molecule is CC(C)(O)[C@H]1C=C2C(C=O)=CCC[C@]2(C)CC1. The van der Waals surface area contributed by atoms with Gasteiger partial charge in [-0.1, -0.05) is 19.1 Å². The van der Waals surface area contributed by atoms with Crippen molar-refractivity contribution in [3.8, 4) is 0 Å². The molecule has 0 saturated heterocycles. The van der Waals surface area contributed by atoms with Crippen LogP contribution in [0.15, 0.2) is 23.3 Å². The topological polar surface area (TPSA) is 37.3 Å². The molecule has 2 aliphatic rings. The molecule has 0 saturated carbocycles. The van der Waals surface area contributed by atoms with Crippen molar-refractivity contribution in [2.75, 3.05) is 0 Å². The van der Waals surface area contributed by atoms with E-state index < -0.39 is 5.60 Å². The molecular formula is C15H22O2. The van der Waals surface area contributed by atoms with Crippen LogP contribution in [0.5, 0.6) is 0 Å². The Bertz CT molecular complexity index is 384. The normalized spacial score (nSPS) is 33.5. The van der Waals surface area contributed by atoms with Crippen LogP contribution in [0.1, 0.15) is 46.5 Å². The minimum atomic E-state index is -0.695. The van der Waals surface area contributed by atoms with E-state index in [4.69, 9.17) is 0 Å². The summed E-state index contributed by atoms with van der Waals surface area (Å²) >= 11 is 0. The molecule has 0 amide bonds. The van der Waals surface area contributed by atoms with E-state index >= 15 is 0 Å². The van der Waals surface area contributed by atoms with Crippen molar-refractivity contribution in [1.82, 2.24) is 0 Å². The van der Waals surface area contributed by atoms with E-state index in [-0.39, 0.29) is 11.3 Å². The lowest BCUT2D eigenvalue weighted by Crippen LogP contribution is -2.37. The van der Waals surface area contributed by atoms with Gasteiger partial charge in [-0.05, 0) is 50.5 Å². The lowest BCUT2D eigenvalue weighted by molar-refractivity contribution is -0.105. The minimum absolute atomic E-state index is 0.146. The summed E-state index contributed by atoms with van der Waals surface area (Å²) in [5.41, 5.74) is 1.46. The van der Waals surface area contributed by atoms with Crippen LogP contribution in [0.4, 0.5) is 0 Å². The van der Waals surface area contributed by atoms with Crippen LogP contribution in [0.25, 0.3) is 0 Å². The molecule has 2 nitrogen and oxygen atoms in total. The third-order valence-corrected chi connectivity index (χ3v) is 4.43. The van der Waals surface area contributed by atoms with Crippen LogP contribution >= 0.6 is 0 Å². The second-order valence-corrected chi connectivity index (χ2v) is 6.26. The first-order valence-electron chi connectivity index (χ1n) is 6.47. The van der Waals surface area contributed by atoms with Gasteiger partial charge >= 0.3 is 0 Å². The summed E-state index contributed by atoms with van der Waals surface area (Å²) in [5, 5.41) is 10.1. The quantitative estimate of drug-likeness (QED) is 0.746. The van der Waals surface area contributed by atoms with E-state index in [9.17, 15) is 9.90 Å². The number of hydrogen-bond acceptors (Lipinski definition) is 2. The maximum atomic E-state index is 11.1. The number of aldehydes is 1. The summed E-state index contributed by atoms with van der Waals surface area (Å²) in [5.74, 6) is 0.159. The zero-order valence-electron chi connectivity index (χ0n) is 11.0. The molecular weight excluding hydrogens is 212 g/mol. The third kappa shape index (κ3) is 2.23. The number of carbonyl (C=O) groups excluding carboxylic acids is 1. The van der Waals surface area contributed by atoms with E-state index in [1.54, 1.807) is 0 Å². The molecule has 0 aromatic rings. The summed E-state index contributed by atoms with van der Waals surface area (Å²) < 4.78 is 0. The zero-order chi connectivity index (χ0) is 12.7. The van der Waals surface area contributed by atoms with Gasteiger partial charge in [0.2, 0.25) is 0 Å². The molecule has 0 aromatic heterocycles. The Balaban J connectivity index is 2.41. The van der Waals surface area contributed by atoms with E-state index in [2.05, 4.69) is 13.0 Å². The molecule has 0 fully saturated rings. The molecule has 1 N–H and O–H groups in total. The average Bonchev–Trinajstić information content (AvgIpc) is 2.25. The van der Waals surface area contributed by atoms with Crippen LogP contribution in [0, 0.1) is 11.3 Å². The fourth-order valence-corrected chi connectivity index (χ4v) is 3.12. The van der Waals surface area contributed by atoms with Crippen molar-refractivity contribution < 1.29 is 9.90 Å². The Morgan fingerprint density at radius 2 is 2.18 bits per heavy atom. The number of rotatable bonds is 2. The van der Waals surface area contributed by atoms with Gasteiger partial charge < -0.3 is 5.11 Å². The Hall–Kier alpha value is -0.890. The summed E-state index contributed by atoms with van der Waals surface area (Å²) in [6.07, 6.45) is 9.34. The van der Waals surface area contributed by atoms with Gasteiger partial charge in [-0.3, -0.25) is 4.79 Å². The number of fused-ring (bicyclic) bond motifs is 1. The van der Waals surface area contributed by atoms with Crippen molar-refractivity contribution in [2.45, 2.75) is 52.1 Å². The first-order chi connectivity index (χ1) is 7.87. The minimum Gasteiger partial charge on any atom is -0.390 e. The molecule has 2 heteroatoms. The van der Waals surface area contributed by atoms with Crippen LogP contribution in [-0.2, 0) is 4.79 Å². The maximum absolute atomic E-state index is 11.1. The Labute approximate surface area is 103 Å². The van der Waals surface area contributed by atoms with Gasteiger partial charge in [0.25, 0.3) is 0 Å². The Morgan fingerprint density at radius 3 is 2.76 bits per heavy atom. The molecule has 0 heterocycles. The maximum Gasteiger partial charge on any atom is 0.150 e. The highest BCUT2D eigenvalue weighted by molar-refractivity contribution is 5.81. The van der Waals surface area contributed by atoms with Crippen molar-refractivity contribution in [3.63, 3.8) is 0 Å². The van der Waals surface area contributed by atoms with E-state index in [0.717, 1.165) is 43.1 Å². The highest BCUT2D eigenvalue weighted by Crippen LogP contribution is 2.49. The molecule has 0 aliphatic heterocycles. The lowest BCUT2D eigenvalue weighted by Gasteiger charge is -2.43. The van der Waals surface area contributed by atoms with Crippen molar-refractivity contribution in [2.24, 2.45) is 11.3 Å². The second kappa shape index (κ2) is 4.09. The first kappa shape index (κ1) is 12.6. The Kier molecular flexibility index (Phi) is 3.03. The van der Waals surface area contributed by atoms with Gasteiger partial charge in [-0.2, -0.15) is 0 Å². The predicted octanol–water partition coefficient (Wildman–Crippen LogP) is 3.02. The van der Waals surface area contributed by atoms with Gasteiger partial charge in [0.05, 0.1) is 5.60 Å². The highest BCUT2D eigenvalue weighted by Gasteiger charge is 2.40. The molecule has 0 radical (unpaired) electrons. The molecule has 2 aliphatic carbocycles. The molecule has 17 heavy (non-hydrogen) atoms. The molecule has 0 aromatic carbocycles. The molecule has 94 valence electrons. The van der Waals surface area contributed by atoms with Gasteiger partial charge in [0.15, 0.2) is 0 Å². The summed E-state index contributed by atoms with van der Waals surface area (Å²) in [7, 11) is 0. The predicted molar refractivity (Wildman–Crippen MR) is 68.6 cm³/mol. The second-order valence-electron chi connectivity index (χ2n) is 6.26. The average molecular weight is 234 g/mol. The van der Waals surface area contributed by atoms with Crippen molar-refractivity contribution in [3.05, 3.63) is 23.3 Å². The number of hydrogen-bond donors (Lipinski definition) is 1. The molecule has 2 atom stereocenters. The molecule has 0 unspecified atom stereocenters. The lowest BCUT2D eigenvalue weighted by atomic mass is 9.62. The summed E-state index contributed by atoms with van der Waals surface area (Å²) in [6.45, 7) is 5.95. The standard InChI is InChI=1S/C15H22O2/c1-14(2,17)12-6-8-15(3)7-4-5-11(10-16)13(15)9-12/h5,9-10,12,17H,4,6-8H2,1-3H3/t12-,15-/m1/s1. The Morgan fingerprint density at radius 1 is 1.47 bits per heavy atom.